The minimum atomic E-state index is 0.610. The molecular weight excluding hydrogens is 314 g/mol. The van der Waals surface area contributed by atoms with Gasteiger partial charge in [0.25, 0.3) is 0 Å². The molecule has 1 fully saturated rings. The fraction of sp³-hybridized carbons (Fsp3) is 0.316. The van der Waals surface area contributed by atoms with Gasteiger partial charge in [0.2, 0.25) is 0 Å². The van der Waals surface area contributed by atoms with E-state index in [4.69, 9.17) is 10.00 Å². The van der Waals surface area contributed by atoms with Crippen molar-refractivity contribution in [2.75, 3.05) is 44.2 Å². The van der Waals surface area contributed by atoms with Crippen molar-refractivity contribution in [2.24, 2.45) is 0 Å². The van der Waals surface area contributed by atoms with E-state index in [1.54, 1.807) is 30.5 Å². The number of rotatable bonds is 5. The quantitative estimate of drug-likeness (QED) is 0.833. The standard InChI is InChI=1S/C19H19N5O/c20-14-16-3-5-18(6-4-16)25-13-12-23-8-10-24(11-9-23)19-17(15-21)2-1-7-22-19/h1-7H,8-13H2. The van der Waals surface area contributed by atoms with Crippen molar-refractivity contribution in [3.63, 3.8) is 0 Å². The number of nitriles is 2. The van der Waals surface area contributed by atoms with Gasteiger partial charge in [-0.05, 0) is 36.4 Å². The van der Waals surface area contributed by atoms with Gasteiger partial charge in [0.1, 0.15) is 24.2 Å². The van der Waals surface area contributed by atoms with Crippen molar-refractivity contribution in [1.82, 2.24) is 9.88 Å². The van der Waals surface area contributed by atoms with Crippen molar-refractivity contribution < 1.29 is 4.74 Å². The first-order chi connectivity index (χ1) is 12.3. The predicted molar refractivity (Wildman–Crippen MR) is 94.3 cm³/mol. The fourth-order valence-electron chi connectivity index (χ4n) is 2.84. The Bertz CT molecular complexity index is 783. The zero-order valence-electron chi connectivity index (χ0n) is 13.9. The molecule has 6 heteroatoms. The van der Waals surface area contributed by atoms with Gasteiger partial charge in [-0.2, -0.15) is 10.5 Å². The SMILES string of the molecule is N#Cc1ccc(OCCN2CCN(c3ncccc3C#N)CC2)cc1. The largest absolute Gasteiger partial charge is 0.492 e. The Labute approximate surface area is 147 Å². The molecule has 2 heterocycles. The third-order valence-electron chi connectivity index (χ3n) is 4.24. The monoisotopic (exact) mass is 333 g/mol. The average Bonchev–Trinajstić information content (AvgIpc) is 2.69. The minimum absolute atomic E-state index is 0.610. The Morgan fingerprint density at radius 3 is 2.44 bits per heavy atom. The molecule has 0 radical (unpaired) electrons. The highest BCUT2D eigenvalue weighted by Crippen LogP contribution is 2.18. The molecule has 0 N–H and O–H groups in total. The van der Waals surface area contributed by atoms with E-state index in [0.29, 0.717) is 17.7 Å². The first-order valence-electron chi connectivity index (χ1n) is 8.25. The normalized spacial score (nSPS) is 14.6. The number of anilines is 1. The summed E-state index contributed by atoms with van der Waals surface area (Å²) >= 11 is 0. The summed E-state index contributed by atoms with van der Waals surface area (Å²) in [5.41, 5.74) is 1.26. The van der Waals surface area contributed by atoms with Gasteiger partial charge in [0, 0.05) is 38.9 Å². The molecule has 2 aromatic rings. The van der Waals surface area contributed by atoms with Gasteiger partial charge in [-0.1, -0.05) is 0 Å². The van der Waals surface area contributed by atoms with Crippen molar-refractivity contribution >= 4 is 5.82 Å². The second-order valence-corrected chi connectivity index (χ2v) is 5.80. The molecule has 0 amide bonds. The number of benzene rings is 1. The second kappa shape index (κ2) is 8.14. The molecule has 126 valence electrons. The van der Waals surface area contributed by atoms with Crippen LogP contribution >= 0.6 is 0 Å². The molecule has 6 nitrogen and oxygen atoms in total. The van der Waals surface area contributed by atoms with Crippen LogP contribution in [0.3, 0.4) is 0 Å². The maximum absolute atomic E-state index is 9.20. The molecule has 0 aliphatic carbocycles. The van der Waals surface area contributed by atoms with Crippen LogP contribution in [-0.4, -0.2) is 49.2 Å². The molecule has 3 rings (SSSR count). The topological polar surface area (TPSA) is 76.2 Å². The Morgan fingerprint density at radius 1 is 1.00 bits per heavy atom. The van der Waals surface area contributed by atoms with E-state index in [-0.39, 0.29) is 0 Å². The zero-order valence-corrected chi connectivity index (χ0v) is 13.9. The number of aromatic nitrogens is 1. The van der Waals surface area contributed by atoms with Crippen molar-refractivity contribution in [3.05, 3.63) is 53.7 Å². The summed E-state index contributed by atoms with van der Waals surface area (Å²) in [5, 5.41) is 18.0. The molecule has 1 saturated heterocycles. The number of pyridine rings is 1. The maximum atomic E-state index is 9.20. The summed E-state index contributed by atoms with van der Waals surface area (Å²) in [5.74, 6) is 1.56. The molecular formula is C19H19N5O. The van der Waals surface area contributed by atoms with Crippen LogP contribution in [0.15, 0.2) is 42.6 Å². The molecule has 25 heavy (non-hydrogen) atoms. The number of piperazine rings is 1. The molecule has 0 bridgehead atoms. The molecule has 0 unspecified atom stereocenters. The van der Waals surface area contributed by atoms with Crippen LogP contribution in [0.4, 0.5) is 5.82 Å². The Morgan fingerprint density at radius 2 is 1.76 bits per heavy atom. The molecule has 0 spiro atoms. The summed E-state index contributed by atoms with van der Waals surface area (Å²) in [6, 6.07) is 15.1. The molecule has 1 aliphatic heterocycles. The van der Waals surface area contributed by atoms with Crippen LogP contribution in [0.2, 0.25) is 0 Å². The highest BCUT2D eigenvalue weighted by molar-refractivity contribution is 5.53. The molecule has 1 aromatic heterocycles. The smallest absolute Gasteiger partial charge is 0.146 e. The lowest BCUT2D eigenvalue weighted by Gasteiger charge is -2.35. The number of ether oxygens (including phenoxy) is 1. The lowest BCUT2D eigenvalue weighted by atomic mass is 10.2. The fourth-order valence-corrected chi connectivity index (χ4v) is 2.84. The van der Waals surface area contributed by atoms with Crippen LogP contribution < -0.4 is 9.64 Å². The van der Waals surface area contributed by atoms with Crippen LogP contribution in [-0.2, 0) is 0 Å². The molecule has 0 saturated carbocycles. The Balaban J connectivity index is 1.45. The van der Waals surface area contributed by atoms with Crippen molar-refractivity contribution in [2.45, 2.75) is 0 Å². The number of hydrogen-bond donors (Lipinski definition) is 0. The highest BCUT2D eigenvalue weighted by atomic mass is 16.5. The average molecular weight is 333 g/mol. The van der Waals surface area contributed by atoms with Gasteiger partial charge in [0.05, 0.1) is 17.2 Å². The summed E-state index contributed by atoms with van der Waals surface area (Å²) in [7, 11) is 0. The molecule has 1 aromatic carbocycles. The van der Waals surface area contributed by atoms with Crippen LogP contribution in [0.25, 0.3) is 0 Å². The highest BCUT2D eigenvalue weighted by Gasteiger charge is 2.19. The third kappa shape index (κ3) is 4.26. The lowest BCUT2D eigenvalue weighted by Crippen LogP contribution is -2.48. The van der Waals surface area contributed by atoms with Crippen LogP contribution in [0.1, 0.15) is 11.1 Å². The van der Waals surface area contributed by atoms with E-state index in [1.165, 1.54) is 0 Å². The summed E-state index contributed by atoms with van der Waals surface area (Å²) in [6.07, 6.45) is 1.73. The Kier molecular flexibility index (Phi) is 5.46. The molecule has 0 atom stereocenters. The number of nitrogens with zero attached hydrogens (tertiary/aromatic N) is 5. The summed E-state index contributed by atoms with van der Waals surface area (Å²) < 4.78 is 5.74. The van der Waals surface area contributed by atoms with Crippen molar-refractivity contribution in [1.29, 1.82) is 10.5 Å². The first kappa shape index (κ1) is 16.8. The summed E-state index contributed by atoms with van der Waals surface area (Å²) in [4.78, 5) is 8.86. The van der Waals surface area contributed by atoms with Gasteiger partial charge in [0.15, 0.2) is 0 Å². The van der Waals surface area contributed by atoms with Crippen LogP contribution in [0.5, 0.6) is 5.75 Å². The van der Waals surface area contributed by atoms with Gasteiger partial charge < -0.3 is 9.64 Å². The third-order valence-corrected chi connectivity index (χ3v) is 4.24. The van der Waals surface area contributed by atoms with E-state index in [2.05, 4.69) is 26.9 Å². The van der Waals surface area contributed by atoms with Crippen LogP contribution in [0, 0.1) is 22.7 Å². The van der Waals surface area contributed by atoms with E-state index in [9.17, 15) is 5.26 Å². The van der Waals surface area contributed by atoms with E-state index < -0.39 is 0 Å². The first-order valence-corrected chi connectivity index (χ1v) is 8.25. The Hall–Kier alpha value is -3.09. The van der Waals surface area contributed by atoms with E-state index in [0.717, 1.165) is 44.3 Å². The van der Waals surface area contributed by atoms with E-state index >= 15 is 0 Å². The van der Waals surface area contributed by atoms with Gasteiger partial charge in [-0.3, -0.25) is 4.90 Å². The van der Waals surface area contributed by atoms with E-state index in [1.807, 2.05) is 12.1 Å². The molecule has 1 aliphatic rings. The van der Waals surface area contributed by atoms with Gasteiger partial charge in [-0.25, -0.2) is 4.98 Å². The van der Waals surface area contributed by atoms with Gasteiger partial charge >= 0.3 is 0 Å². The lowest BCUT2D eigenvalue weighted by molar-refractivity contribution is 0.200. The summed E-state index contributed by atoms with van der Waals surface area (Å²) in [6.45, 7) is 4.99. The van der Waals surface area contributed by atoms with Gasteiger partial charge in [-0.15, -0.1) is 0 Å². The predicted octanol–water partition coefficient (Wildman–Crippen LogP) is 2.03. The number of hydrogen-bond acceptors (Lipinski definition) is 6. The minimum Gasteiger partial charge on any atom is -0.492 e. The zero-order chi connectivity index (χ0) is 17.5. The van der Waals surface area contributed by atoms with Crippen molar-refractivity contribution in [3.8, 4) is 17.9 Å². The second-order valence-electron chi connectivity index (χ2n) is 5.80. The maximum Gasteiger partial charge on any atom is 0.146 e.